The fraction of sp³-hybridized carbons (Fsp3) is 0.308. The minimum Gasteiger partial charge on any atom is -0.324 e. The molecule has 0 radical (unpaired) electrons. The Morgan fingerprint density at radius 2 is 1.94 bits per heavy atom. The lowest BCUT2D eigenvalue weighted by Gasteiger charge is -2.10. The van der Waals surface area contributed by atoms with E-state index in [9.17, 15) is 0 Å². The number of rotatable bonds is 3. The minimum atomic E-state index is 0.0436. The molecule has 84 valence electrons. The van der Waals surface area contributed by atoms with Crippen molar-refractivity contribution in [3.63, 3.8) is 0 Å². The minimum absolute atomic E-state index is 0.0436. The number of benzene rings is 1. The van der Waals surface area contributed by atoms with Crippen molar-refractivity contribution in [2.24, 2.45) is 5.73 Å². The van der Waals surface area contributed by atoms with E-state index in [1.807, 2.05) is 6.92 Å². The summed E-state index contributed by atoms with van der Waals surface area (Å²) in [4.78, 5) is 4.43. The average molecular weight is 232 g/mol. The number of aromatic nitrogens is 1. The molecule has 0 aliphatic rings. The van der Waals surface area contributed by atoms with Crippen molar-refractivity contribution in [3.8, 4) is 0 Å². The maximum atomic E-state index is 6.15. The molecule has 16 heavy (non-hydrogen) atoms. The summed E-state index contributed by atoms with van der Waals surface area (Å²) in [7, 11) is 0. The van der Waals surface area contributed by atoms with Crippen LogP contribution in [-0.2, 0) is 6.42 Å². The second-order valence-corrected chi connectivity index (χ2v) is 5.14. The first-order valence-electron chi connectivity index (χ1n) is 5.38. The molecule has 2 nitrogen and oxygen atoms in total. The maximum Gasteiger partial charge on any atom is 0.0897 e. The molecule has 0 aliphatic heterocycles. The lowest BCUT2D eigenvalue weighted by Crippen LogP contribution is -2.13. The Hall–Kier alpha value is -1.19. The molecular weight excluding hydrogens is 216 g/mol. The van der Waals surface area contributed by atoms with E-state index < -0.39 is 0 Å². The van der Waals surface area contributed by atoms with Crippen LogP contribution in [0.15, 0.2) is 29.6 Å². The van der Waals surface area contributed by atoms with Crippen LogP contribution in [0.5, 0.6) is 0 Å². The fourth-order valence-corrected chi connectivity index (χ4v) is 2.28. The largest absolute Gasteiger partial charge is 0.324 e. The summed E-state index contributed by atoms with van der Waals surface area (Å²) >= 11 is 1.68. The Labute approximate surface area is 100 Å². The molecule has 2 rings (SSSR count). The van der Waals surface area contributed by atoms with E-state index in [4.69, 9.17) is 5.73 Å². The summed E-state index contributed by atoms with van der Waals surface area (Å²) in [5.41, 5.74) is 9.69. The van der Waals surface area contributed by atoms with Crippen LogP contribution in [-0.4, -0.2) is 4.98 Å². The van der Waals surface area contributed by atoms with E-state index in [1.54, 1.807) is 11.3 Å². The molecule has 1 aromatic carbocycles. The highest BCUT2D eigenvalue weighted by Crippen LogP contribution is 2.18. The summed E-state index contributed by atoms with van der Waals surface area (Å²) in [6.07, 6.45) is 0.813. The lowest BCUT2D eigenvalue weighted by molar-refractivity contribution is 0.709. The zero-order valence-electron chi connectivity index (χ0n) is 9.60. The van der Waals surface area contributed by atoms with Gasteiger partial charge in [0.05, 0.1) is 10.7 Å². The van der Waals surface area contributed by atoms with Crippen LogP contribution in [0, 0.1) is 13.8 Å². The third kappa shape index (κ3) is 2.68. The fourth-order valence-electron chi connectivity index (χ4n) is 1.66. The Morgan fingerprint density at radius 3 is 2.50 bits per heavy atom. The van der Waals surface area contributed by atoms with Crippen LogP contribution in [0.25, 0.3) is 0 Å². The number of thiazole rings is 1. The van der Waals surface area contributed by atoms with Crippen LogP contribution in [0.1, 0.15) is 27.9 Å². The van der Waals surface area contributed by atoms with E-state index in [2.05, 4.69) is 41.6 Å². The highest BCUT2D eigenvalue weighted by atomic mass is 32.1. The molecule has 0 fully saturated rings. The zero-order valence-corrected chi connectivity index (χ0v) is 10.4. The highest BCUT2D eigenvalue weighted by Gasteiger charge is 2.08. The third-order valence-electron chi connectivity index (χ3n) is 2.60. The molecule has 0 amide bonds. The SMILES string of the molecule is Cc1ccc(C(N)Cc2csc(C)n2)cc1. The van der Waals surface area contributed by atoms with Crippen LogP contribution in [0.2, 0.25) is 0 Å². The number of nitrogens with zero attached hydrogens (tertiary/aromatic N) is 1. The van der Waals surface area contributed by atoms with Crippen molar-refractivity contribution in [1.29, 1.82) is 0 Å². The molecule has 2 aromatic rings. The van der Waals surface area contributed by atoms with Gasteiger partial charge < -0.3 is 5.73 Å². The summed E-state index contributed by atoms with van der Waals surface area (Å²) < 4.78 is 0. The molecule has 0 aliphatic carbocycles. The summed E-state index contributed by atoms with van der Waals surface area (Å²) in [6, 6.07) is 8.43. The van der Waals surface area contributed by atoms with Gasteiger partial charge in [0.25, 0.3) is 0 Å². The Morgan fingerprint density at radius 1 is 1.25 bits per heavy atom. The van der Waals surface area contributed by atoms with Gasteiger partial charge >= 0.3 is 0 Å². The van der Waals surface area contributed by atoms with E-state index in [1.165, 1.54) is 11.1 Å². The standard InChI is InChI=1S/C13H16N2S/c1-9-3-5-11(6-4-9)13(14)7-12-8-16-10(2)15-12/h3-6,8,13H,7,14H2,1-2H3. The van der Waals surface area contributed by atoms with Crippen LogP contribution < -0.4 is 5.73 Å². The Balaban J connectivity index is 2.08. The summed E-state index contributed by atoms with van der Waals surface area (Å²) in [5, 5.41) is 3.19. The van der Waals surface area contributed by atoms with Gasteiger partial charge in [-0.25, -0.2) is 4.98 Å². The van der Waals surface area contributed by atoms with Gasteiger partial charge in [0.2, 0.25) is 0 Å². The van der Waals surface area contributed by atoms with Crippen molar-refractivity contribution >= 4 is 11.3 Å². The number of hydrogen-bond acceptors (Lipinski definition) is 3. The monoisotopic (exact) mass is 232 g/mol. The first kappa shape index (κ1) is 11.3. The van der Waals surface area contributed by atoms with Crippen molar-refractivity contribution in [2.45, 2.75) is 26.3 Å². The van der Waals surface area contributed by atoms with Gasteiger partial charge in [-0.05, 0) is 19.4 Å². The van der Waals surface area contributed by atoms with E-state index >= 15 is 0 Å². The smallest absolute Gasteiger partial charge is 0.0897 e. The molecule has 3 heteroatoms. The second kappa shape index (κ2) is 4.76. The highest BCUT2D eigenvalue weighted by molar-refractivity contribution is 7.09. The molecule has 1 atom stereocenters. The maximum absolute atomic E-state index is 6.15. The normalized spacial score (nSPS) is 12.7. The van der Waals surface area contributed by atoms with Gasteiger partial charge in [-0.15, -0.1) is 11.3 Å². The van der Waals surface area contributed by atoms with Crippen molar-refractivity contribution in [2.75, 3.05) is 0 Å². The van der Waals surface area contributed by atoms with Crippen LogP contribution in [0.4, 0.5) is 0 Å². The molecule has 0 spiro atoms. The molecule has 1 unspecified atom stereocenters. The van der Waals surface area contributed by atoms with Crippen LogP contribution >= 0.6 is 11.3 Å². The third-order valence-corrected chi connectivity index (χ3v) is 3.42. The van der Waals surface area contributed by atoms with E-state index in [-0.39, 0.29) is 6.04 Å². The molecule has 0 saturated carbocycles. The van der Waals surface area contributed by atoms with Crippen molar-refractivity contribution in [3.05, 3.63) is 51.5 Å². The van der Waals surface area contributed by atoms with E-state index in [0.29, 0.717) is 0 Å². The van der Waals surface area contributed by atoms with Crippen LogP contribution in [0.3, 0.4) is 0 Å². The number of aryl methyl sites for hydroxylation is 2. The van der Waals surface area contributed by atoms with Gasteiger partial charge in [0, 0.05) is 17.8 Å². The molecular formula is C13H16N2S. The quantitative estimate of drug-likeness (QED) is 0.883. The first-order chi connectivity index (χ1) is 7.65. The molecule has 1 aromatic heterocycles. The summed E-state index contributed by atoms with van der Waals surface area (Å²) in [5.74, 6) is 0. The predicted molar refractivity (Wildman–Crippen MR) is 68.7 cm³/mol. The van der Waals surface area contributed by atoms with Gasteiger partial charge in [0.1, 0.15) is 0 Å². The topological polar surface area (TPSA) is 38.9 Å². The molecule has 0 saturated heterocycles. The molecule has 1 heterocycles. The molecule has 2 N–H and O–H groups in total. The van der Waals surface area contributed by atoms with Gasteiger partial charge in [-0.2, -0.15) is 0 Å². The zero-order chi connectivity index (χ0) is 11.5. The predicted octanol–water partition coefficient (Wildman–Crippen LogP) is 3.00. The molecule has 0 bridgehead atoms. The van der Waals surface area contributed by atoms with E-state index in [0.717, 1.165) is 17.1 Å². The average Bonchev–Trinajstić information content (AvgIpc) is 2.65. The van der Waals surface area contributed by atoms with Crippen molar-refractivity contribution < 1.29 is 0 Å². The Bertz CT molecular complexity index is 459. The van der Waals surface area contributed by atoms with Crippen molar-refractivity contribution in [1.82, 2.24) is 4.98 Å². The van der Waals surface area contributed by atoms with Gasteiger partial charge in [-0.1, -0.05) is 29.8 Å². The van der Waals surface area contributed by atoms with Gasteiger partial charge in [-0.3, -0.25) is 0 Å². The first-order valence-corrected chi connectivity index (χ1v) is 6.26. The lowest BCUT2D eigenvalue weighted by atomic mass is 10.0. The van der Waals surface area contributed by atoms with Gasteiger partial charge in [0.15, 0.2) is 0 Å². The number of hydrogen-bond donors (Lipinski definition) is 1. The summed E-state index contributed by atoms with van der Waals surface area (Å²) in [6.45, 7) is 4.10. The second-order valence-electron chi connectivity index (χ2n) is 4.08. The Kier molecular flexibility index (Phi) is 3.36. The number of nitrogens with two attached hydrogens (primary N) is 1.